The fourth-order valence-electron chi connectivity index (χ4n) is 3.13. The van der Waals surface area contributed by atoms with Gasteiger partial charge >= 0.3 is 0 Å². The molecule has 8 nitrogen and oxygen atoms in total. The van der Waals surface area contributed by atoms with Crippen LogP contribution in [-0.2, 0) is 6.54 Å². The maximum Gasteiger partial charge on any atom is 0.231 e. The molecule has 9 heteroatoms. The number of benzene rings is 1. The standard InChI is InChI=1S/C20H22N6O2S/c1-3-13-9-14-15(28-12-27-14)10-16(13)29-20-25-17-18(21)23-11-24-19(17)26(20)8-6-5-7-22-4-2/h1,9-11,22H,4-8,12H2,2H3,(H2,21,23,24). The van der Waals surface area contributed by atoms with Crippen LogP contribution in [-0.4, -0.2) is 39.4 Å². The predicted octanol–water partition coefficient (Wildman–Crippen LogP) is 2.66. The highest BCUT2D eigenvalue weighted by Crippen LogP contribution is 2.41. The molecule has 0 aliphatic carbocycles. The molecule has 0 amide bonds. The second kappa shape index (κ2) is 8.59. The number of imidazole rings is 1. The van der Waals surface area contributed by atoms with Crippen LogP contribution < -0.4 is 20.5 Å². The molecule has 0 spiro atoms. The highest BCUT2D eigenvalue weighted by atomic mass is 32.2. The van der Waals surface area contributed by atoms with Gasteiger partial charge in [0.1, 0.15) is 6.33 Å². The van der Waals surface area contributed by atoms with Gasteiger partial charge in [-0.15, -0.1) is 6.42 Å². The Morgan fingerprint density at radius 3 is 2.90 bits per heavy atom. The first-order chi connectivity index (χ1) is 14.2. The van der Waals surface area contributed by atoms with Crippen molar-refractivity contribution in [1.29, 1.82) is 0 Å². The van der Waals surface area contributed by atoms with Crippen LogP contribution in [0.1, 0.15) is 25.3 Å². The average molecular weight is 411 g/mol. The molecule has 1 aliphatic heterocycles. The molecule has 3 aromatic rings. The van der Waals surface area contributed by atoms with Gasteiger partial charge in [0.15, 0.2) is 33.6 Å². The third-order valence-electron chi connectivity index (χ3n) is 4.59. The van der Waals surface area contributed by atoms with Crippen LogP contribution in [0.25, 0.3) is 11.2 Å². The Kier molecular flexibility index (Phi) is 5.74. The molecule has 0 atom stereocenters. The quantitative estimate of drug-likeness (QED) is 0.432. The number of nitrogens with two attached hydrogens (primary N) is 1. The van der Waals surface area contributed by atoms with Crippen molar-refractivity contribution in [3.05, 3.63) is 24.0 Å². The monoisotopic (exact) mass is 410 g/mol. The van der Waals surface area contributed by atoms with Gasteiger partial charge in [0.2, 0.25) is 6.79 Å². The summed E-state index contributed by atoms with van der Waals surface area (Å²) in [6.07, 6.45) is 9.23. The van der Waals surface area contributed by atoms with E-state index in [4.69, 9.17) is 26.6 Å². The van der Waals surface area contributed by atoms with Crippen molar-refractivity contribution >= 4 is 28.7 Å². The molecule has 1 aliphatic rings. The second-order valence-corrected chi connectivity index (χ2v) is 7.49. The van der Waals surface area contributed by atoms with E-state index in [1.54, 1.807) is 0 Å². The Morgan fingerprint density at radius 2 is 2.10 bits per heavy atom. The van der Waals surface area contributed by atoms with Crippen LogP contribution in [0.15, 0.2) is 28.5 Å². The molecular weight excluding hydrogens is 388 g/mol. The number of nitrogen functional groups attached to an aromatic ring is 1. The van der Waals surface area contributed by atoms with Crippen molar-refractivity contribution < 1.29 is 9.47 Å². The van der Waals surface area contributed by atoms with Gasteiger partial charge < -0.3 is 25.1 Å². The fourth-order valence-corrected chi connectivity index (χ4v) is 4.14. The van der Waals surface area contributed by atoms with Gasteiger partial charge in [-0.25, -0.2) is 15.0 Å². The summed E-state index contributed by atoms with van der Waals surface area (Å²) in [6, 6.07) is 3.72. The number of aryl methyl sites for hydroxylation is 1. The summed E-state index contributed by atoms with van der Waals surface area (Å²) in [5.74, 6) is 4.43. The van der Waals surface area contributed by atoms with E-state index >= 15 is 0 Å². The number of unbranched alkanes of at least 4 members (excludes halogenated alkanes) is 1. The number of terminal acetylenes is 1. The van der Waals surface area contributed by atoms with Gasteiger partial charge in [-0.2, -0.15) is 0 Å². The van der Waals surface area contributed by atoms with Crippen molar-refractivity contribution in [1.82, 2.24) is 24.8 Å². The first kappa shape index (κ1) is 19.4. The molecule has 3 heterocycles. The average Bonchev–Trinajstić information content (AvgIpc) is 3.32. The maximum atomic E-state index is 6.04. The molecule has 0 fully saturated rings. The molecule has 2 aromatic heterocycles. The maximum absolute atomic E-state index is 6.04. The number of aromatic nitrogens is 4. The van der Waals surface area contributed by atoms with Crippen LogP contribution in [0.4, 0.5) is 5.82 Å². The zero-order chi connectivity index (χ0) is 20.2. The highest BCUT2D eigenvalue weighted by molar-refractivity contribution is 7.99. The van der Waals surface area contributed by atoms with Crippen LogP contribution in [0, 0.1) is 12.3 Å². The molecular formula is C20H22N6O2S. The predicted molar refractivity (Wildman–Crippen MR) is 112 cm³/mol. The van der Waals surface area contributed by atoms with Gasteiger partial charge in [0, 0.05) is 23.1 Å². The van der Waals surface area contributed by atoms with Crippen molar-refractivity contribution in [3.63, 3.8) is 0 Å². The van der Waals surface area contributed by atoms with Crippen LogP contribution in [0.5, 0.6) is 11.5 Å². The van der Waals surface area contributed by atoms with E-state index in [0.29, 0.717) is 22.8 Å². The van der Waals surface area contributed by atoms with Crippen molar-refractivity contribution in [2.75, 3.05) is 25.6 Å². The Hall–Kier alpha value is -2.96. The van der Waals surface area contributed by atoms with Crippen molar-refractivity contribution in [3.8, 4) is 23.8 Å². The van der Waals surface area contributed by atoms with Crippen LogP contribution in [0.3, 0.4) is 0 Å². The fraction of sp³-hybridized carbons (Fsp3) is 0.350. The zero-order valence-electron chi connectivity index (χ0n) is 16.1. The van der Waals surface area contributed by atoms with Crippen LogP contribution in [0.2, 0.25) is 0 Å². The SMILES string of the molecule is C#Cc1cc2c(cc1Sc1nc3c(N)ncnc3n1CCCCNCC)OCO2. The van der Waals surface area contributed by atoms with Gasteiger partial charge in [-0.05, 0) is 32.0 Å². The van der Waals surface area contributed by atoms with E-state index < -0.39 is 0 Å². The van der Waals surface area contributed by atoms with Crippen molar-refractivity contribution in [2.45, 2.75) is 36.4 Å². The summed E-state index contributed by atoms with van der Waals surface area (Å²) in [7, 11) is 0. The van der Waals surface area contributed by atoms with E-state index in [-0.39, 0.29) is 6.79 Å². The number of rotatable bonds is 8. The molecule has 0 unspecified atom stereocenters. The summed E-state index contributed by atoms with van der Waals surface area (Å²) < 4.78 is 13.0. The summed E-state index contributed by atoms with van der Waals surface area (Å²) in [5.41, 5.74) is 8.10. The first-order valence-electron chi connectivity index (χ1n) is 9.46. The molecule has 150 valence electrons. The molecule has 29 heavy (non-hydrogen) atoms. The Labute approximate surface area is 173 Å². The van der Waals surface area contributed by atoms with E-state index in [9.17, 15) is 0 Å². The van der Waals surface area contributed by atoms with Gasteiger partial charge in [0.05, 0.1) is 0 Å². The van der Waals surface area contributed by atoms with Gasteiger partial charge in [-0.1, -0.05) is 24.6 Å². The minimum Gasteiger partial charge on any atom is -0.454 e. The van der Waals surface area contributed by atoms with Crippen LogP contribution >= 0.6 is 11.8 Å². The lowest BCUT2D eigenvalue weighted by Crippen LogP contribution is -2.14. The third kappa shape index (κ3) is 3.95. The second-order valence-electron chi connectivity index (χ2n) is 6.49. The van der Waals surface area contributed by atoms with E-state index in [2.05, 4.69) is 32.7 Å². The zero-order valence-corrected chi connectivity index (χ0v) is 17.0. The molecule has 0 saturated carbocycles. The van der Waals surface area contributed by atoms with Crippen molar-refractivity contribution in [2.24, 2.45) is 0 Å². The smallest absolute Gasteiger partial charge is 0.231 e. The molecule has 0 bridgehead atoms. The Balaban J connectivity index is 1.67. The summed E-state index contributed by atoms with van der Waals surface area (Å²) in [4.78, 5) is 14.1. The molecule has 1 aromatic carbocycles. The number of nitrogens with zero attached hydrogens (tertiary/aromatic N) is 4. The minimum atomic E-state index is 0.198. The van der Waals surface area contributed by atoms with Gasteiger partial charge in [-0.3, -0.25) is 0 Å². The first-order valence-corrected chi connectivity index (χ1v) is 10.3. The van der Waals surface area contributed by atoms with E-state index in [1.807, 2.05) is 12.1 Å². The summed E-state index contributed by atoms with van der Waals surface area (Å²) in [5, 5.41) is 4.11. The topological polar surface area (TPSA) is 100 Å². The number of fused-ring (bicyclic) bond motifs is 2. The molecule has 3 N–H and O–H groups in total. The normalized spacial score (nSPS) is 12.4. The number of nitrogens with one attached hydrogen (secondary N) is 1. The Morgan fingerprint density at radius 1 is 1.28 bits per heavy atom. The van der Waals surface area contributed by atoms with E-state index in [1.165, 1.54) is 18.1 Å². The Bertz CT molecular complexity index is 1070. The summed E-state index contributed by atoms with van der Waals surface area (Å²) in [6.45, 7) is 5.02. The largest absolute Gasteiger partial charge is 0.454 e. The lowest BCUT2D eigenvalue weighted by molar-refractivity contribution is 0.174. The van der Waals surface area contributed by atoms with E-state index in [0.717, 1.165) is 53.7 Å². The molecule has 0 saturated heterocycles. The third-order valence-corrected chi connectivity index (χ3v) is 5.64. The number of hydrogen-bond donors (Lipinski definition) is 2. The lowest BCUT2D eigenvalue weighted by atomic mass is 10.2. The minimum absolute atomic E-state index is 0.198. The van der Waals surface area contributed by atoms with Gasteiger partial charge in [0.25, 0.3) is 0 Å². The number of anilines is 1. The highest BCUT2D eigenvalue weighted by Gasteiger charge is 2.20. The molecule has 0 radical (unpaired) electrons. The number of ether oxygens (including phenoxy) is 2. The lowest BCUT2D eigenvalue weighted by Gasteiger charge is -2.10. The summed E-state index contributed by atoms with van der Waals surface area (Å²) >= 11 is 1.47. The number of hydrogen-bond acceptors (Lipinski definition) is 8. The molecule has 4 rings (SSSR count).